The van der Waals surface area contributed by atoms with Gasteiger partial charge in [-0.1, -0.05) is 35.9 Å². The minimum atomic E-state index is -0.245. The number of anilines is 1. The molecule has 1 N–H and O–H groups in total. The molecule has 0 spiro atoms. The van der Waals surface area contributed by atoms with Gasteiger partial charge in [-0.25, -0.2) is 4.39 Å². The quantitative estimate of drug-likeness (QED) is 0.910. The summed E-state index contributed by atoms with van der Waals surface area (Å²) in [4.78, 5) is 14.0. The molecule has 0 aliphatic carbocycles. The van der Waals surface area contributed by atoms with Gasteiger partial charge in [0.2, 0.25) is 5.91 Å². The van der Waals surface area contributed by atoms with Gasteiger partial charge in [0.05, 0.1) is 6.54 Å². The van der Waals surface area contributed by atoms with Crippen molar-refractivity contribution in [2.45, 2.75) is 27.3 Å². The number of benzene rings is 2. The minimum absolute atomic E-state index is 0.0982. The Balaban J connectivity index is 1.98. The van der Waals surface area contributed by atoms with E-state index >= 15 is 0 Å². The molecule has 0 saturated heterocycles. The van der Waals surface area contributed by atoms with Gasteiger partial charge in [0.15, 0.2) is 0 Å². The van der Waals surface area contributed by atoms with E-state index in [1.165, 1.54) is 11.6 Å². The lowest BCUT2D eigenvalue weighted by Gasteiger charge is -2.18. The molecule has 0 bridgehead atoms. The number of aryl methyl sites for hydroxylation is 3. The van der Waals surface area contributed by atoms with Crippen molar-refractivity contribution in [2.24, 2.45) is 0 Å². The molecule has 2 aromatic carbocycles. The van der Waals surface area contributed by atoms with Crippen LogP contribution in [0.4, 0.5) is 10.1 Å². The zero-order chi connectivity index (χ0) is 17.0. The highest BCUT2D eigenvalue weighted by atomic mass is 19.1. The van der Waals surface area contributed by atoms with Crippen LogP contribution in [-0.4, -0.2) is 24.4 Å². The van der Waals surface area contributed by atoms with Crippen LogP contribution in [0.25, 0.3) is 0 Å². The third-order valence-corrected chi connectivity index (χ3v) is 3.75. The van der Waals surface area contributed by atoms with Crippen molar-refractivity contribution in [1.82, 2.24) is 4.90 Å². The summed E-state index contributed by atoms with van der Waals surface area (Å²) >= 11 is 0. The van der Waals surface area contributed by atoms with Crippen molar-refractivity contribution in [3.05, 3.63) is 64.5 Å². The predicted octanol–water partition coefficient (Wildman–Crippen LogP) is 3.82. The van der Waals surface area contributed by atoms with Crippen molar-refractivity contribution < 1.29 is 9.18 Å². The number of hydrogen-bond acceptors (Lipinski definition) is 2. The molecular formula is C19H23FN2O. The number of carbonyl (C=O) groups is 1. The predicted molar refractivity (Wildman–Crippen MR) is 92.0 cm³/mol. The van der Waals surface area contributed by atoms with Gasteiger partial charge in [-0.15, -0.1) is 0 Å². The Labute approximate surface area is 137 Å². The Morgan fingerprint density at radius 1 is 1.13 bits per heavy atom. The molecule has 0 aromatic heterocycles. The van der Waals surface area contributed by atoms with Crippen LogP contribution < -0.4 is 5.32 Å². The summed E-state index contributed by atoms with van der Waals surface area (Å²) in [5, 5.41) is 2.96. The summed E-state index contributed by atoms with van der Waals surface area (Å²) in [7, 11) is 1.81. The van der Waals surface area contributed by atoms with Crippen LogP contribution in [0, 0.1) is 26.6 Å². The first-order valence-electron chi connectivity index (χ1n) is 7.66. The maximum atomic E-state index is 13.7. The maximum absolute atomic E-state index is 13.7. The number of likely N-dealkylation sites (N-methyl/N-ethyl adjacent to an activating group) is 1. The molecule has 23 heavy (non-hydrogen) atoms. The first kappa shape index (κ1) is 17.2. The summed E-state index contributed by atoms with van der Waals surface area (Å²) in [6, 6.07) is 10.7. The molecule has 2 aromatic rings. The largest absolute Gasteiger partial charge is 0.324 e. The fraction of sp³-hybridized carbons (Fsp3) is 0.316. The highest BCUT2D eigenvalue weighted by molar-refractivity contribution is 5.93. The number of halogens is 1. The number of nitrogens with one attached hydrogen (secondary N) is 1. The lowest BCUT2D eigenvalue weighted by molar-refractivity contribution is -0.117. The molecular weight excluding hydrogens is 291 g/mol. The zero-order valence-corrected chi connectivity index (χ0v) is 14.1. The summed E-state index contributed by atoms with van der Waals surface area (Å²) in [6.07, 6.45) is 0. The van der Waals surface area contributed by atoms with Gasteiger partial charge in [0.25, 0.3) is 0 Å². The van der Waals surface area contributed by atoms with Crippen LogP contribution in [-0.2, 0) is 11.3 Å². The van der Waals surface area contributed by atoms with Crippen molar-refractivity contribution in [3.63, 3.8) is 0 Å². The van der Waals surface area contributed by atoms with E-state index < -0.39 is 0 Å². The fourth-order valence-corrected chi connectivity index (χ4v) is 2.77. The van der Waals surface area contributed by atoms with Crippen molar-refractivity contribution in [3.8, 4) is 0 Å². The molecule has 2 rings (SSSR count). The van der Waals surface area contributed by atoms with Crippen molar-refractivity contribution >= 4 is 11.6 Å². The lowest BCUT2D eigenvalue weighted by atomic mass is 10.1. The Morgan fingerprint density at radius 2 is 1.74 bits per heavy atom. The van der Waals surface area contributed by atoms with Crippen LogP contribution in [0.5, 0.6) is 0 Å². The molecule has 0 aliphatic rings. The van der Waals surface area contributed by atoms with Crippen LogP contribution in [0.15, 0.2) is 36.4 Å². The molecule has 0 saturated carbocycles. The van der Waals surface area contributed by atoms with Crippen LogP contribution in [0.1, 0.15) is 22.3 Å². The first-order chi connectivity index (χ1) is 10.9. The van der Waals surface area contributed by atoms with Crippen LogP contribution in [0.2, 0.25) is 0 Å². The number of rotatable bonds is 5. The molecule has 122 valence electrons. The molecule has 0 radical (unpaired) electrons. The average molecular weight is 314 g/mol. The van der Waals surface area contributed by atoms with E-state index in [0.29, 0.717) is 12.1 Å². The van der Waals surface area contributed by atoms with E-state index in [-0.39, 0.29) is 18.3 Å². The second-order valence-corrected chi connectivity index (χ2v) is 6.09. The monoisotopic (exact) mass is 314 g/mol. The molecule has 0 fully saturated rings. The third kappa shape index (κ3) is 4.63. The molecule has 0 atom stereocenters. The second kappa shape index (κ2) is 7.38. The average Bonchev–Trinajstić information content (AvgIpc) is 2.45. The fourth-order valence-electron chi connectivity index (χ4n) is 2.77. The first-order valence-corrected chi connectivity index (χ1v) is 7.66. The minimum Gasteiger partial charge on any atom is -0.324 e. The number of amides is 1. The standard InChI is InChI=1S/C19H23FN2O/c1-13-9-14(2)19(15(3)10-13)21-18(23)12-22(4)11-16-7-5-6-8-17(16)20/h5-10H,11-12H2,1-4H3,(H,21,23). The van der Waals surface area contributed by atoms with Gasteiger partial charge in [0, 0.05) is 17.8 Å². The molecule has 0 aliphatic heterocycles. The molecule has 3 nitrogen and oxygen atoms in total. The Bertz CT molecular complexity index is 689. The van der Waals surface area contributed by atoms with E-state index in [1.807, 2.05) is 32.9 Å². The third-order valence-electron chi connectivity index (χ3n) is 3.75. The van der Waals surface area contributed by atoms with E-state index in [0.717, 1.165) is 16.8 Å². The Morgan fingerprint density at radius 3 is 2.35 bits per heavy atom. The van der Waals surface area contributed by atoms with Gasteiger partial charge in [-0.05, 0) is 45.0 Å². The lowest BCUT2D eigenvalue weighted by Crippen LogP contribution is -2.30. The SMILES string of the molecule is Cc1cc(C)c(NC(=O)CN(C)Cc2ccccc2F)c(C)c1. The van der Waals surface area contributed by atoms with Gasteiger partial charge in [-0.2, -0.15) is 0 Å². The van der Waals surface area contributed by atoms with Gasteiger partial charge in [0.1, 0.15) is 5.82 Å². The van der Waals surface area contributed by atoms with Gasteiger partial charge in [-0.3, -0.25) is 9.69 Å². The van der Waals surface area contributed by atoms with Crippen LogP contribution >= 0.6 is 0 Å². The maximum Gasteiger partial charge on any atom is 0.238 e. The zero-order valence-electron chi connectivity index (χ0n) is 14.1. The highest BCUT2D eigenvalue weighted by Crippen LogP contribution is 2.21. The van der Waals surface area contributed by atoms with E-state index in [2.05, 4.69) is 5.32 Å². The Hall–Kier alpha value is -2.20. The van der Waals surface area contributed by atoms with E-state index in [9.17, 15) is 9.18 Å². The highest BCUT2D eigenvalue weighted by Gasteiger charge is 2.12. The topological polar surface area (TPSA) is 32.3 Å². The molecule has 0 heterocycles. The van der Waals surface area contributed by atoms with Crippen LogP contribution in [0.3, 0.4) is 0 Å². The van der Waals surface area contributed by atoms with Gasteiger partial charge >= 0.3 is 0 Å². The van der Waals surface area contributed by atoms with E-state index in [4.69, 9.17) is 0 Å². The molecule has 0 unspecified atom stereocenters. The number of hydrogen-bond donors (Lipinski definition) is 1. The van der Waals surface area contributed by atoms with E-state index in [1.54, 1.807) is 30.1 Å². The summed E-state index contributed by atoms with van der Waals surface area (Å²) in [6.45, 7) is 6.61. The summed E-state index contributed by atoms with van der Waals surface area (Å²) < 4.78 is 13.7. The number of carbonyl (C=O) groups excluding carboxylic acids is 1. The smallest absolute Gasteiger partial charge is 0.238 e. The Kier molecular flexibility index (Phi) is 5.50. The molecule has 4 heteroatoms. The van der Waals surface area contributed by atoms with Crippen molar-refractivity contribution in [2.75, 3.05) is 18.9 Å². The van der Waals surface area contributed by atoms with Gasteiger partial charge < -0.3 is 5.32 Å². The normalized spacial score (nSPS) is 10.9. The molecule has 1 amide bonds. The number of nitrogens with zero attached hydrogens (tertiary/aromatic N) is 1. The summed E-state index contributed by atoms with van der Waals surface area (Å²) in [5.74, 6) is -0.344. The summed E-state index contributed by atoms with van der Waals surface area (Å²) in [5.41, 5.74) is 4.72. The van der Waals surface area contributed by atoms with Crippen molar-refractivity contribution in [1.29, 1.82) is 0 Å². The second-order valence-electron chi connectivity index (χ2n) is 6.09.